The van der Waals surface area contributed by atoms with Gasteiger partial charge in [0.05, 0.1) is 5.69 Å². The Kier molecular flexibility index (Phi) is 7.84. The van der Waals surface area contributed by atoms with Gasteiger partial charge in [-0.15, -0.1) is 0 Å². The van der Waals surface area contributed by atoms with Gasteiger partial charge >= 0.3 is 6.09 Å². The minimum absolute atomic E-state index is 0.0170. The lowest BCUT2D eigenvalue weighted by molar-refractivity contribution is -0.126. The van der Waals surface area contributed by atoms with Gasteiger partial charge in [-0.2, -0.15) is 0 Å². The van der Waals surface area contributed by atoms with Crippen molar-refractivity contribution in [2.24, 2.45) is 10.9 Å². The number of nitrogens with zero attached hydrogens (tertiary/aromatic N) is 4. The summed E-state index contributed by atoms with van der Waals surface area (Å²) in [6.07, 6.45) is 1.41. The Morgan fingerprint density at radius 1 is 1.24 bits per heavy atom. The highest BCUT2D eigenvalue weighted by molar-refractivity contribution is 6.39. The van der Waals surface area contributed by atoms with E-state index in [1.165, 1.54) is 5.01 Å². The molecule has 2 unspecified atom stereocenters. The van der Waals surface area contributed by atoms with Gasteiger partial charge in [0.2, 0.25) is 5.84 Å². The monoisotopic (exact) mass is 471 g/mol. The number of benzene rings is 1. The van der Waals surface area contributed by atoms with Crippen LogP contribution in [-0.4, -0.2) is 70.9 Å². The van der Waals surface area contributed by atoms with Gasteiger partial charge in [0, 0.05) is 25.7 Å². The number of hydrogen-bond acceptors (Lipinski definition) is 6. The van der Waals surface area contributed by atoms with Crippen molar-refractivity contribution in [1.82, 2.24) is 15.2 Å². The number of para-hydroxylation sites is 1. The maximum absolute atomic E-state index is 13.4. The molecule has 1 N–H and O–H groups in total. The van der Waals surface area contributed by atoms with Gasteiger partial charge in [-0.05, 0) is 72.4 Å². The van der Waals surface area contributed by atoms with Crippen LogP contribution in [0.2, 0.25) is 0 Å². The number of anilines is 1. The van der Waals surface area contributed by atoms with Crippen molar-refractivity contribution in [3.05, 3.63) is 30.3 Å². The first-order valence-corrected chi connectivity index (χ1v) is 12.0. The molecule has 2 atom stereocenters. The average molecular weight is 472 g/mol. The second kappa shape index (κ2) is 10.4. The van der Waals surface area contributed by atoms with Crippen molar-refractivity contribution in [1.29, 1.82) is 0 Å². The van der Waals surface area contributed by atoms with Crippen LogP contribution in [0.25, 0.3) is 0 Å². The van der Waals surface area contributed by atoms with Crippen molar-refractivity contribution in [3.63, 3.8) is 0 Å². The average Bonchev–Trinajstić information content (AvgIpc) is 2.78. The zero-order chi connectivity index (χ0) is 25.0. The van der Waals surface area contributed by atoms with Crippen LogP contribution < -0.4 is 10.4 Å². The van der Waals surface area contributed by atoms with Crippen LogP contribution in [0.1, 0.15) is 54.4 Å². The molecule has 34 heavy (non-hydrogen) atoms. The lowest BCUT2D eigenvalue weighted by Crippen LogP contribution is -2.59. The van der Waals surface area contributed by atoms with Gasteiger partial charge in [0.25, 0.3) is 11.8 Å². The van der Waals surface area contributed by atoms with E-state index in [-0.39, 0.29) is 35.7 Å². The molecule has 1 fully saturated rings. The van der Waals surface area contributed by atoms with E-state index in [9.17, 15) is 14.4 Å². The quantitative estimate of drug-likeness (QED) is 0.712. The highest BCUT2D eigenvalue weighted by Gasteiger charge is 2.35. The van der Waals surface area contributed by atoms with Gasteiger partial charge in [0.15, 0.2) is 0 Å². The number of likely N-dealkylation sites (tertiary alicyclic amines) is 1. The molecule has 0 spiro atoms. The number of ether oxygens (including phenoxy) is 1. The van der Waals surface area contributed by atoms with Gasteiger partial charge in [0.1, 0.15) is 11.6 Å². The lowest BCUT2D eigenvalue weighted by Gasteiger charge is -2.38. The number of hydrazine groups is 1. The highest BCUT2D eigenvalue weighted by Crippen LogP contribution is 2.22. The van der Waals surface area contributed by atoms with Gasteiger partial charge in [-0.3, -0.25) is 15.0 Å². The SMILES string of the molecule is CC1N=C(C(=O)N2CCCC(CN(C(=O)OC(C)(C)C)C(C)C)C2)NN(c2ccccc2)C1=O. The second-order valence-electron chi connectivity index (χ2n) is 10.3. The zero-order valence-corrected chi connectivity index (χ0v) is 21.1. The van der Waals surface area contributed by atoms with Crippen molar-refractivity contribution in [3.8, 4) is 0 Å². The number of aliphatic imine (C=N–C) groups is 1. The predicted octanol–water partition coefficient (Wildman–Crippen LogP) is 3.21. The van der Waals surface area contributed by atoms with E-state index in [1.54, 1.807) is 28.9 Å². The predicted molar refractivity (Wildman–Crippen MR) is 131 cm³/mol. The van der Waals surface area contributed by atoms with Crippen LogP contribution in [0.5, 0.6) is 0 Å². The number of nitrogens with one attached hydrogen (secondary N) is 1. The molecular formula is C25H37N5O4. The standard InChI is InChI=1S/C25H37N5O4/c1-17(2)29(24(33)34-25(4,5)6)16-19-11-10-14-28(15-19)23(32)21-26-18(3)22(31)30(27-21)20-12-8-7-9-13-20/h7-9,12-13,17-19H,10-11,14-16H2,1-6H3,(H,26,27). The molecular weight excluding hydrogens is 434 g/mol. The third-order valence-electron chi connectivity index (χ3n) is 5.85. The van der Waals surface area contributed by atoms with Crippen LogP contribution in [-0.2, 0) is 14.3 Å². The number of piperidine rings is 1. The summed E-state index contributed by atoms with van der Waals surface area (Å²) in [5, 5.41) is 1.38. The summed E-state index contributed by atoms with van der Waals surface area (Å²) in [5.74, 6) is -0.173. The molecule has 9 heteroatoms. The highest BCUT2D eigenvalue weighted by atomic mass is 16.6. The fourth-order valence-electron chi connectivity index (χ4n) is 4.14. The first-order valence-electron chi connectivity index (χ1n) is 12.0. The van der Waals surface area contributed by atoms with Crippen molar-refractivity contribution < 1.29 is 19.1 Å². The second-order valence-corrected chi connectivity index (χ2v) is 10.3. The summed E-state index contributed by atoms with van der Waals surface area (Å²) >= 11 is 0. The normalized spacial score (nSPS) is 21.1. The number of hydrogen-bond donors (Lipinski definition) is 1. The van der Waals surface area contributed by atoms with E-state index in [1.807, 2.05) is 52.8 Å². The first kappa shape index (κ1) is 25.5. The maximum atomic E-state index is 13.4. The molecule has 2 aliphatic heterocycles. The van der Waals surface area contributed by atoms with Crippen molar-refractivity contribution in [2.45, 2.75) is 72.1 Å². The number of amides is 3. The van der Waals surface area contributed by atoms with Crippen molar-refractivity contribution >= 4 is 29.4 Å². The first-order chi connectivity index (χ1) is 16.0. The summed E-state index contributed by atoms with van der Waals surface area (Å²) in [6.45, 7) is 12.8. The molecule has 2 aliphatic rings. The summed E-state index contributed by atoms with van der Waals surface area (Å²) in [5.41, 5.74) is 3.01. The van der Waals surface area contributed by atoms with Crippen LogP contribution in [0.3, 0.4) is 0 Å². The largest absolute Gasteiger partial charge is 0.444 e. The van der Waals surface area contributed by atoms with Crippen molar-refractivity contribution in [2.75, 3.05) is 24.6 Å². The number of amidine groups is 1. The third kappa shape index (κ3) is 6.27. The topological polar surface area (TPSA) is 94.6 Å². The Hall–Kier alpha value is -3.10. The summed E-state index contributed by atoms with van der Waals surface area (Å²) in [6, 6.07) is 8.47. The molecule has 9 nitrogen and oxygen atoms in total. The number of rotatable bonds is 5. The Labute approximate surface area is 202 Å². The molecule has 0 radical (unpaired) electrons. The summed E-state index contributed by atoms with van der Waals surface area (Å²) in [7, 11) is 0. The van der Waals surface area contributed by atoms with Gasteiger partial charge in [-0.25, -0.2) is 14.8 Å². The minimum Gasteiger partial charge on any atom is -0.444 e. The van der Waals surface area contributed by atoms with E-state index in [4.69, 9.17) is 4.74 Å². The molecule has 1 saturated heterocycles. The molecule has 0 aliphatic carbocycles. The van der Waals surface area contributed by atoms with Crippen LogP contribution in [0.15, 0.2) is 35.3 Å². The Morgan fingerprint density at radius 2 is 1.91 bits per heavy atom. The molecule has 3 amide bonds. The van der Waals surface area contributed by atoms with Crippen LogP contribution in [0, 0.1) is 5.92 Å². The molecule has 3 rings (SSSR count). The van der Waals surface area contributed by atoms with Gasteiger partial charge in [-0.1, -0.05) is 18.2 Å². The van der Waals surface area contributed by atoms with Crippen LogP contribution in [0.4, 0.5) is 10.5 Å². The molecule has 186 valence electrons. The van der Waals surface area contributed by atoms with E-state index >= 15 is 0 Å². The number of carbonyl (C=O) groups excluding carboxylic acids is 3. The molecule has 0 saturated carbocycles. The fourth-order valence-corrected chi connectivity index (χ4v) is 4.14. The van der Waals surface area contributed by atoms with E-state index in [0.717, 1.165) is 12.8 Å². The summed E-state index contributed by atoms with van der Waals surface area (Å²) in [4.78, 5) is 46.6. The van der Waals surface area contributed by atoms with E-state index < -0.39 is 11.6 Å². The lowest BCUT2D eigenvalue weighted by atomic mass is 9.97. The smallest absolute Gasteiger partial charge is 0.410 e. The molecule has 0 bridgehead atoms. The molecule has 1 aromatic rings. The fraction of sp³-hybridized carbons (Fsp3) is 0.600. The Morgan fingerprint density at radius 3 is 2.53 bits per heavy atom. The maximum Gasteiger partial charge on any atom is 0.410 e. The zero-order valence-electron chi connectivity index (χ0n) is 21.1. The minimum atomic E-state index is -0.662. The van der Waals surface area contributed by atoms with E-state index in [2.05, 4.69) is 10.4 Å². The van der Waals surface area contributed by atoms with E-state index in [0.29, 0.717) is 25.3 Å². The Balaban J connectivity index is 1.69. The third-order valence-corrected chi connectivity index (χ3v) is 5.85. The Bertz CT molecular complexity index is 925. The van der Waals surface area contributed by atoms with Gasteiger partial charge < -0.3 is 14.5 Å². The van der Waals surface area contributed by atoms with Crippen LogP contribution >= 0.6 is 0 Å². The summed E-state index contributed by atoms with van der Waals surface area (Å²) < 4.78 is 5.59. The number of carbonyl (C=O) groups is 3. The molecule has 1 aromatic carbocycles. The molecule has 0 aromatic heterocycles. The molecule has 2 heterocycles.